The van der Waals surface area contributed by atoms with E-state index in [0.29, 0.717) is 10.2 Å². The minimum atomic E-state index is -3.42. The summed E-state index contributed by atoms with van der Waals surface area (Å²) in [5.74, 6) is 0. The van der Waals surface area contributed by atoms with Crippen molar-refractivity contribution in [3.63, 3.8) is 0 Å². The predicted molar refractivity (Wildman–Crippen MR) is 98.2 cm³/mol. The lowest BCUT2D eigenvalue weighted by Crippen LogP contribution is -2.00. The Labute approximate surface area is 148 Å². The first-order valence-corrected chi connectivity index (χ1v) is 10.2. The number of aryl methyl sites for hydroxylation is 1. The number of sulfone groups is 1. The Hall–Kier alpha value is -2.58. The molecule has 0 aliphatic rings. The zero-order valence-electron chi connectivity index (χ0n) is 13.5. The Balaban J connectivity index is 1.97. The highest BCUT2D eigenvalue weighted by Crippen LogP contribution is 2.38. The molecule has 0 saturated carbocycles. The van der Waals surface area contributed by atoms with Gasteiger partial charge in [-0.05, 0) is 6.07 Å². The Kier molecular flexibility index (Phi) is 3.66. The highest BCUT2D eigenvalue weighted by atomic mass is 32.2. The Bertz CT molecular complexity index is 1180. The summed E-state index contributed by atoms with van der Waals surface area (Å²) in [6, 6.07) is 11.7. The molecule has 126 valence electrons. The lowest BCUT2D eigenvalue weighted by molar-refractivity contribution is 0.599. The van der Waals surface area contributed by atoms with Crippen LogP contribution < -0.4 is 0 Å². The van der Waals surface area contributed by atoms with Crippen molar-refractivity contribution in [1.82, 2.24) is 19.5 Å². The Morgan fingerprint density at radius 1 is 1.08 bits per heavy atom. The van der Waals surface area contributed by atoms with E-state index in [1.165, 1.54) is 17.7 Å². The fourth-order valence-electron chi connectivity index (χ4n) is 2.77. The number of rotatable bonds is 3. The average molecular weight is 370 g/mol. The van der Waals surface area contributed by atoms with E-state index in [0.717, 1.165) is 28.1 Å². The minimum absolute atomic E-state index is 0.0587. The van der Waals surface area contributed by atoms with Crippen LogP contribution in [0.5, 0.6) is 0 Å². The fourth-order valence-corrected chi connectivity index (χ4v) is 4.72. The van der Waals surface area contributed by atoms with Crippen LogP contribution in [0.15, 0.2) is 54.1 Å². The molecule has 6 nitrogen and oxygen atoms in total. The molecule has 0 fully saturated rings. The third-order valence-corrected chi connectivity index (χ3v) is 5.94. The number of hydrogen-bond acceptors (Lipinski definition) is 6. The van der Waals surface area contributed by atoms with E-state index in [-0.39, 0.29) is 5.03 Å². The number of hydrogen-bond donors (Lipinski definition) is 0. The van der Waals surface area contributed by atoms with Crippen molar-refractivity contribution in [3.05, 3.63) is 49.1 Å². The topological polar surface area (TPSA) is 77.7 Å². The van der Waals surface area contributed by atoms with E-state index < -0.39 is 9.84 Å². The van der Waals surface area contributed by atoms with Gasteiger partial charge in [-0.15, -0.1) is 11.3 Å². The Morgan fingerprint density at radius 2 is 1.84 bits per heavy atom. The van der Waals surface area contributed by atoms with Crippen molar-refractivity contribution in [2.75, 3.05) is 6.26 Å². The maximum Gasteiger partial charge on any atom is 0.193 e. The molecule has 4 aromatic rings. The van der Waals surface area contributed by atoms with Gasteiger partial charge in [-0.25, -0.2) is 23.4 Å². The van der Waals surface area contributed by atoms with Crippen LogP contribution in [-0.2, 0) is 16.9 Å². The third-order valence-electron chi connectivity index (χ3n) is 3.86. The first-order valence-electron chi connectivity index (χ1n) is 7.47. The van der Waals surface area contributed by atoms with Crippen molar-refractivity contribution in [2.24, 2.45) is 7.05 Å². The number of nitrogens with zero attached hydrogens (tertiary/aromatic N) is 4. The number of fused-ring (bicyclic) bond motifs is 1. The summed E-state index contributed by atoms with van der Waals surface area (Å²) in [7, 11) is -1.51. The zero-order valence-corrected chi connectivity index (χ0v) is 15.2. The van der Waals surface area contributed by atoms with Gasteiger partial charge in [0.25, 0.3) is 0 Å². The van der Waals surface area contributed by atoms with Gasteiger partial charge in [-0.1, -0.05) is 30.3 Å². The zero-order chi connectivity index (χ0) is 17.6. The van der Waals surface area contributed by atoms with Gasteiger partial charge in [0.1, 0.15) is 11.2 Å². The van der Waals surface area contributed by atoms with Crippen molar-refractivity contribution in [3.8, 4) is 21.8 Å². The molecule has 0 unspecified atom stereocenters. The molecular formula is C17H14N4O2S2. The summed E-state index contributed by atoms with van der Waals surface area (Å²) in [5.41, 5.74) is 2.78. The molecule has 4 rings (SSSR count). The van der Waals surface area contributed by atoms with E-state index in [9.17, 15) is 8.42 Å². The van der Waals surface area contributed by atoms with E-state index in [1.807, 2.05) is 48.0 Å². The van der Waals surface area contributed by atoms with E-state index in [4.69, 9.17) is 0 Å². The van der Waals surface area contributed by atoms with Crippen LogP contribution in [-0.4, -0.2) is 34.2 Å². The van der Waals surface area contributed by atoms with E-state index in [2.05, 4.69) is 15.0 Å². The summed E-state index contributed by atoms with van der Waals surface area (Å²) in [6.07, 6.45) is 4.21. The summed E-state index contributed by atoms with van der Waals surface area (Å²) in [4.78, 5) is 14.3. The second kappa shape index (κ2) is 5.75. The quantitative estimate of drug-likeness (QED) is 0.518. The first kappa shape index (κ1) is 15.9. The smallest absolute Gasteiger partial charge is 0.193 e. The maximum atomic E-state index is 12.0. The van der Waals surface area contributed by atoms with Crippen molar-refractivity contribution >= 4 is 31.4 Å². The Morgan fingerprint density at radius 3 is 2.56 bits per heavy atom. The highest BCUT2D eigenvalue weighted by Gasteiger charge is 2.20. The standard InChI is InChI=1S/C17H14N4O2S2/c1-21-10-20-14(11-6-4-3-5-7-11)15(21)13-8-12-16(24-13)18-9-19-17(12)25(2,22)23/h3-10H,1-2H3. The van der Waals surface area contributed by atoms with Gasteiger partial charge in [-0.3, -0.25) is 0 Å². The fraction of sp³-hybridized carbons (Fsp3) is 0.118. The molecule has 0 aliphatic carbocycles. The van der Waals surface area contributed by atoms with Gasteiger partial charge in [0, 0.05) is 24.3 Å². The lowest BCUT2D eigenvalue weighted by Gasteiger charge is -2.03. The van der Waals surface area contributed by atoms with Gasteiger partial charge in [0.2, 0.25) is 0 Å². The largest absolute Gasteiger partial charge is 0.333 e. The molecule has 0 atom stereocenters. The van der Waals surface area contributed by atoms with Gasteiger partial charge in [0.15, 0.2) is 14.9 Å². The van der Waals surface area contributed by atoms with Gasteiger partial charge in [-0.2, -0.15) is 0 Å². The van der Waals surface area contributed by atoms with E-state index >= 15 is 0 Å². The molecule has 0 aliphatic heterocycles. The maximum absolute atomic E-state index is 12.0. The third kappa shape index (κ3) is 2.73. The molecule has 0 amide bonds. The molecular weight excluding hydrogens is 356 g/mol. The number of benzene rings is 1. The number of imidazole rings is 1. The summed E-state index contributed by atoms with van der Waals surface area (Å²) in [6.45, 7) is 0. The molecule has 0 saturated heterocycles. The molecule has 0 radical (unpaired) electrons. The predicted octanol–water partition coefficient (Wildman–Crippen LogP) is 3.16. The van der Waals surface area contributed by atoms with Gasteiger partial charge >= 0.3 is 0 Å². The van der Waals surface area contributed by atoms with Crippen LogP contribution in [0.25, 0.3) is 32.0 Å². The normalized spacial score (nSPS) is 11.9. The SMILES string of the molecule is Cn1cnc(-c2ccccc2)c1-c1cc2c(S(C)(=O)=O)ncnc2s1. The number of aromatic nitrogens is 4. The molecule has 0 N–H and O–H groups in total. The molecule has 3 heterocycles. The van der Waals surface area contributed by atoms with Crippen molar-refractivity contribution < 1.29 is 8.42 Å². The van der Waals surface area contributed by atoms with Crippen molar-refractivity contribution in [2.45, 2.75) is 5.03 Å². The van der Waals surface area contributed by atoms with E-state index in [1.54, 1.807) is 6.33 Å². The summed E-state index contributed by atoms with van der Waals surface area (Å²) >= 11 is 1.43. The highest BCUT2D eigenvalue weighted by molar-refractivity contribution is 7.90. The first-order chi connectivity index (χ1) is 11.9. The second-order valence-corrected chi connectivity index (χ2v) is 8.66. The van der Waals surface area contributed by atoms with Gasteiger partial charge < -0.3 is 4.57 Å². The molecule has 8 heteroatoms. The van der Waals surface area contributed by atoms with Crippen LogP contribution in [0.3, 0.4) is 0 Å². The number of thiophene rings is 1. The molecule has 25 heavy (non-hydrogen) atoms. The van der Waals surface area contributed by atoms with Crippen molar-refractivity contribution in [1.29, 1.82) is 0 Å². The van der Waals surface area contributed by atoms with Crippen LogP contribution in [0.1, 0.15) is 0 Å². The monoisotopic (exact) mass is 370 g/mol. The minimum Gasteiger partial charge on any atom is -0.333 e. The second-order valence-electron chi connectivity index (χ2n) is 5.70. The molecule has 1 aromatic carbocycles. The molecule has 3 aromatic heterocycles. The van der Waals surface area contributed by atoms with Gasteiger partial charge in [0.05, 0.1) is 22.6 Å². The van der Waals surface area contributed by atoms with Crippen LogP contribution in [0.4, 0.5) is 0 Å². The lowest BCUT2D eigenvalue weighted by atomic mass is 10.1. The van der Waals surface area contributed by atoms with Crippen LogP contribution in [0, 0.1) is 0 Å². The van der Waals surface area contributed by atoms with Crippen LogP contribution in [0.2, 0.25) is 0 Å². The molecule has 0 bridgehead atoms. The summed E-state index contributed by atoms with van der Waals surface area (Å²) < 4.78 is 25.9. The molecule has 0 spiro atoms. The summed E-state index contributed by atoms with van der Waals surface area (Å²) in [5, 5.41) is 0.605. The average Bonchev–Trinajstić information content (AvgIpc) is 3.17. The van der Waals surface area contributed by atoms with Crippen LogP contribution >= 0.6 is 11.3 Å².